The van der Waals surface area contributed by atoms with Crippen LogP contribution in [0.25, 0.3) is 16.6 Å². The molecule has 0 unspecified atom stereocenters. The number of nitrogens with zero attached hydrogens (tertiary/aromatic N) is 2. The summed E-state index contributed by atoms with van der Waals surface area (Å²) in [4.78, 5) is 4.33. The number of imidazole rings is 1. The largest absolute Gasteiger partial charge is 0.297 e. The highest BCUT2D eigenvalue weighted by Crippen LogP contribution is 2.25. The van der Waals surface area contributed by atoms with Gasteiger partial charge in [-0.05, 0) is 34.1 Å². The van der Waals surface area contributed by atoms with Gasteiger partial charge in [0, 0.05) is 11.6 Å². The number of hydrogen-bond acceptors (Lipinski definition) is 1. The maximum atomic E-state index is 6.18. The standard InChI is InChI=1S/C11H6BrClN2/c12-9-6-15-10(14-9)5-4-7-2-1-3-8(13)11(7)15/h1-6H. The molecule has 0 saturated heterocycles. The normalized spacial score (nSPS) is 11.3. The fourth-order valence-corrected chi connectivity index (χ4v) is 2.41. The molecule has 0 aliphatic carbocycles. The van der Waals surface area contributed by atoms with Crippen molar-refractivity contribution >= 4 is 44.1 Å². The van der Waals surface area contributed by atoms with E-state index in [1.807, 2.05) is 40.9 Å². The molecule has 2 heterocycles. The van der Waals surface area contributed by atoms with Gasteiger partial charge in [0.25, 0.3) is 0 Å². The van der Waals surface area contributed by atoms with Crippen LogP contribution < -0.4 is 0 Å². The van der Waals surface area contributed by atoms with E-state index >= 15 is 0 Å². The molecule has 0 amide bonds. The summed E-state index contributed by atoms with van der Waals surface area (Å²) < 4.78 is 2.80. The fraction of sp³-hybridized carbons (Fsp3) is 0. The van der Waals surface area contributed by atoms with E-state index in [-0.39, 0.29) is 0 Å². The zero-order valence-electron chi connectivity index (χ0n) is 7.61. The van der Waals surface area contributed by atoms with Gasteiger partial charge >= 0.3 is 0 Å². The lowest BCUT2D eigenvalue weighted by Gasteiger charge is -2.03. The first-order valence-corrected chi connectivity index (χ1v) is 5.64. The minimum atomic E-state index is 0.739. The van der Waals surface area contributed by atoms with Crippen molar-refractivity contribution in [1.29, 1.82) is 0 Å². The van der Waals surface area contributed by atoms with Crippen LogP contribution in [0.4, 0.5) is 0 Å². The molecule has 2 aromatic heterocycles. The Balaban J connectivity index is 2.62. The van der Waals surface area contributed by atoms with Gasteiger partial charge in [0.2, 0.25) is 0 Å². The van der Waals surface area contributed by atoms with Crippen molar-refractivity contribution in [1.82, 2.24) is 9.38 Å². The van der Waals surface area contributed by atoms with Crippen molar-refractivity contribution in [2.75, 3.05) is 0 Å². The zero-order valence-corrected chi connectivity index (χ0v) is 9.96. The molecule has 15 heavy (non-hydrogen) atoms. The van der Waals surface area contributed by atoms with Gasteiger partial charge in [-0.3, -0.25) is 4.40 Å². The number of hydrogen-bond donors (Lipinski definition) is 0. The maximum absolute atomic E-state index is 6.18. The minimum absolute atomic E-state index is 0.739. The highest BCUT2D eigenvalue weighted by atomic mass is 79.9. The highest BCUT2D eigenvalue weighted by Gasteiger charge is 2.05. The highest BCUT2D eigenvalue weighted by molar-refractivity contribution is 9.10. The summed E-state index contributed by atoms with van der Waals surface area (Å²) in [5, 5.41) is 1.85. The lowest BCUT2D eigenvalue weighted by atomic mass is 10.2. The summed E-state index contributed by atoms with van der Waals surface area (Å²) >= 11 is 9.54. The van der Waals surface area contributed by atoms with E-state index < -0.39 is 0 Å². The molecule has 0 saturated carbocycles. The zero-order chi connectivity index (χ0) is 10.4. The molecular formula is C11H6BrClN2. The maximum Gasteiger partial charge on any atom is 0.138 e. The van der Waals surface area contributed by atoms with Crippen LogP contribution in [0.15, 0.2) is 41.1 Å². The van der Waals surface area contributed by atoms with E-state index in [1.165, 1.54) is 0 Å². The molecule has 0 fully saturated rings. The van der Waals surface area contributed by atoms with E-state index in [0.717, 1.165) is 26.2 Å². The molecule has 0 aliphatic heterocycles. The minimum Gasteiger partial charge on any atom is -0.297 e. The Labute approximate surface area is 99.6 Å². The monoisotopic (exact) mass is 280 g/mol. The molecule has 1 aromatic carbocycles. The van der Waals surface area contributed by atoms with Gasteiger partial charge in [-0.1, -0.05) is 23.7 Å². The van der Waals surface area contributed by atoms with Gasteiger partial charge in [-0.15, -0.1) is 0 Å². The van der Waals surface area contributed by atoms with Gasteiger partial charge in [0.15, 0.2) is 0 Å². The second-order valence-electron chi connectivity index (χ2n) is 3.30. The predicted octanol–water partition coefficient (Wildman–Crippen LogP) is 3.90. The van der Waals surface area contributed by atoms with Crippen LogP contribution in [0.3, 0.4) is 0 Å². The molecule has 3 rings (SSSR count). The Morgan fingerprint density at radius 3 is 2.93 bits per heavy atom. The molecule has 0 N–H and O–H groups in total. The molecule has 0 bridgehead atoms. The summed E-state index contributed by atoms with van der Waals surface area (Å²) in [6.45, 7) is 0. The fourth-order valence-electron chi connectivity index (χ4n) is 1.75. The second kappa shape index (κ2) is 3.22. The third-order valence-electron chi connectivity index (χ3n) is 2.37. The van der Waals surface area contributed by atoms with Gasteiger partial charge in [-0.2, -0.15) is 0 Å². The van der Waals surface area contributed by atoms with E-state index in [0.29, 0.717) is 0 Å². The molecule has 2 nitrogen and oxygen atoms in total. The Kier molecular flexibility index (Phi) is 1.97. The van der Waals surface area contributed by atoms with Crippen LogP contribution in [0.1, 0.15) is 0 Å². The summed E-state index contributed by atoms with van der Waals surface area (Å²) in [7, 11) is 0. The van der Waals surface area contributed by atoms with Crippen molar-refractivity contribution in [2.45, 2.75) is 0 Å². The average Bonchev–Trinajstić information content (AvgIpc) is 2.58. The molecule has 0 aliphatic rings. The van der Waals surface area contributed by atoms with Crippen LogP contribution in [0.2, 0.25) is 5.02 Å². The topological polar surface area (TPSA) is 17.3 Å². The lowest BCUT2D eigenvalue weighted by molar-refractivity contribution is 1.26. The first kappa shape index (κ1) is 9.19. The van der Waals surface area contributed by atoms with E-state index in [2.05, 4.69) is 20.9 Å². The van der Waals surface area contributed by atoms with Crippen molar-refractivity contribution in [3.05, 3.63) is 46.2 Å². The Bertz CT molecular complexity index is 660. The first-order valence-electron chi connectivity index (χ1n) is 4.47. The van der Waals surface area contributed by atoms with Crippen LogP contribution >= 0.6 is 27.5 Å². The molecule has 74 valence electrons. The van der Waals surface area contributed by atoms with Gasteiger partial charge in [0.05, 0.1) is 10.5 Å². The van der Waals surface area contributed by atoms with Gasteiger partial charge < -0.3 is 0 Å². The third-order valence-corrected chi connectivity index (χ3v) is 3.06. The number of aromatic nitrogens is 2. The quantitative estimate of drug-likeness (QED) is 0.611. The van der Waals surface area contributed by atoms with Crippen LogP contribution in [-0.4, -0.2) is 9.38 Å². The van der Waals surface area contributed by atoms with Crippen molar-refractivity contribution in [3.8, 4) is 0 Å². The van der Waals surface area contributed by atoms with Crippen molar-refractivity contribution in [2.24, 2.45) is 0 Å². The number of halogens is 2. The summed E-state index contributed by atoms with van der Waals surface area (Å²) in [6.07, 6.45) is 1.92. The molecular weight excluding hydrogens is 275 g/mol. The van der Waals surface area contributed by atoms with Crippen LogP contribution in [0, 0.1) is 0 Å². The SMILES string of the molecule is Clc1cccc2ccc3nc(Br)cn3c12. The molecule has 0 spiro atoms. The Morgan fingerprint density at radius 2 is 2.07 bits per heavy atom. The number of rotatable bonds is 0. The Hall–Kier alpha value is -1.06. The second-order valence-corrected chi connectivity index (χ2v) is 4.52. The Morgan fingerprint density at radius 1 is 1.20 bits per heavy atom. The first-order chi connectivity index (χ1) is 7.25. The van der Waals surface area contributed by atoms with E-state index in [1.54, 1.807) is 0 Å². The lowest BCUT2D eigenvalue weighted by Crippen LogP contribution is -1.87. The number of para-hydroxylation sites is 1. The van der Waals surface area contributed by atoms with Crippen LogP contribution in [0.5, 0.6) is 0 Å². The molecule has 4 heteroatoms. The number of benzene rings is 1. The predicted molar refractivity (Wildman–Crippen MR) is 65.4 cm³/mol. The summed E-state index contributed by atoms with van der Waals surface area (Å²) in [5.74, 6) is 0. The number of fused-ring (bicyclic) bond motifs is 3. The van der Waals surface area contributed by atoms with Crippen molar-refractivity contribution < 1.29 is 0 Å². The summed E-state index contributed by atoms with van der Waals surface area (Å²) in [5.41, 5.74) is 1.89. The van der Waals surface area contributed by atoms with Crippen LogP contribution in [-0.2, 0) is 0 Å². The third kappa shape index (κ3) is 1.34. The average molecular weight is 282 g/mol. The summed E-state index contributed by atoms with van der Waals surface area (Å²) in [6, 6.07) is 9.87. The van der Waals surface area contributed by atoms with Gasteiger partial charge in [0.1, 0.15) is 10.3 Å². The molecule has 0 atom stereocenters. The van der Waals surface area contributed by atoms with E-state index in [4.69, 9.17) is 11.6 Å². The number of pyridine rings is 1. The van der Waals surface area contributed by atoms with Crippen molar-refractivity contribution in [3.63, 3.8) is 0 Å². The van der Waals surface area contributed by atoms with E-state index in [9.17, 15) is 0 Å². The molecule has 3 aromatic rings. The smallest absolute Gasteiger partial charge is 0.138 e. The molecule has 0 radical (unpaired) electrons. The van der Waals surface area contributed by atoms with Gasteiger partial charge in [-0.25, -0.2) is 4.98 Å².